The van der Waals surface area contributed by atoms with E-state index in [1.54, 1.807) is 0 Å². The molecule has 5 heteroatoms. The summed E-state index contributed by atoms with van der Waals surface area (Å²) in [4.78, 5) is 0. The summed E-state index contributed by atoms with van der Waals surface area (Å²) in [6.07, 6.45) is 2.77. The lowest BCUT2D eigenvalue weighted by Crippen LogP contribution is -2.51. The molecule has 0 radical (unpaired) electrons. The largest absolute Gasteiger partial charge is 0.558 e. The fourth-order valence-corrected chi connectivity index (χ4v) is 4.61. The lowest BCUT2D eigenvalue weighted by Gasteiger charge is -2.39. The van der Waals surface area contributed by atoms with E-state index in [1.807, 2.05) is 0 Å². The summed E-state index contributed by atoms with van der Waals surface area (Å²) in [5, 5.41) is 2.32. The van der Waals surface area contributed by atoms with E-state index in [2.05, 4.69) is 71.0 Å². The third-order valence-corrected chi connectivity index (χ3v) is 6.70. The maximum absolute atomic E-state index is 6.79. The molecule has 2 aromatic carbocycles. The van der Waals surface area contributed by atoms with E-state index < -0.39 is 6.55 Å². The average Bonchev–Trinajstić information content (AvgIpc) is 3.24. The third kappa shape index (κ3) is 3.19. The Morgan fingerprint density at radius 3 is 2.11 bits per heavy atom. The monoisotopic (exact) mass is 383 g/mol. The van der Waals surface area contributed by atoms with Gasteiger partial charge in [-0.05, 0) is 38.5 Å². The van der Waals surface area contributed by atoms with Gasteiger partial charge in [-0.25, -0.2) is 0 Å². The SMILES string of the molecule is CCCC[B-]1(c2ccc(C3OCCO3)c3ccccc23)OC(C)(C)C(C)(C)O1. The standard InChI is InChI=1S/C23H32BO4/c1-6-7-14-24(27-22(2,3)23(4,5)28-24)20-13-12-19(21-25-15-16-26-21)17-10-8-9-11-18(17)20/h8-13,21H,6-7,14-16H2,1-5H3/q-1. The molecule has 2 saturated heterocycles. The van der Waals surface area contributed by atoms with Crippen molar-refractivity contribution in [1.82, 2.24) is 0 Å². The minimum atomic E-state index is -1.59. The first-order valence-corrected chi connectivity index (χ1v) is 10.6. The fourth-order valence-electron chi connectivity index (χ4n) is 4.61. The highest BCUT2D eigenvalue weighted by molar-refractivity contribution is 6.83. The number of rotatable bonds is 5. The van der Waals surface area contributed by atoms with Gasteiger partial charge in [0.2, 0.25) is 0 Å². The Kier molecular flexibility index (Phi) is 5.07. The molecule has 0 spiro atoms. The quantitative estimate of drug-likeness (QED) is 0.686. The van der Waals surface area contributed by atoms with E-state index in [0.29, 0.717) is 13.2 Å². The first-order chi connectivity index (χ1) is 13.3. The minimum absolute atomic E-state index is 0.295. The summed E-state index contributed by atoms with van der Waals surface area (Å²) in [6, 6.07) is 12.8. The highest BCUT2D eigenvalue weighted by atomic mass is 16.7. The minimum Gasteiger partial charge on any atom is -0.558 e. The Hall–Kier alpha value is -1.40. The van der Waals surface area contributed by atoms with Gasteiger partial charge < -0.3 is 18.8 Å². The van der Waals surface area contributed by atoms with Crippen molar-refractivity contribution in [1.29, 1.82) is 0 Å². The van der Waals surface area contributed by atoms with Gasteiger partial charge in [0, 0.05) is 16.8 Å². The van der Waals surface area contributed by atoms with Gasteiger partial charge in [-0.1, -0.05) is 56.2 Å². The van der Waals surface area contributed by atoms with Crippen LogP contribution in [0.2, 0.25) is 6.32 Å². The predicted molar refractivity (Wildman–Crippen MR) is 114 cm³/mol. The number of unbranched alkanes of at least 4 members (excludes halogenated alkanes) is 1. The summed E-state index contributed by atoms with van der Waals surface area (Å²) < 4.78 is 25.2. The van der Waals surface area contributed by atoms with Gasteiger partial charge in [0.05, 0.1) is 13.2 Å². The second-order valence-electron chi connectivity index (χ2n) is 9.13. The van der Waals surface area contributed by atoms with Crippen molar-refractivity contribution in [2.45, 2.75) is 71.3 Å². The summed E-state index contributed by atoms with van der Waals surface area (Å²) in [5.74, 6) is 0. The number of benzene rings is 2. The molecule has 4 nitrogen and oxygen atoms in total. The molecule has 28 heavy (non-hydrogen) atoms. The number of fused-ring (bicyclic) bond motifs is 1. The van der Waals surface area contributed by atoms with Crippen molar-refractivity contribution in [3.63, 3.8) is 0 Å². The highest BCUT2D eigenvalue weighted by Gasteiger charge is 2.52. The molecule has 0 amide bonds. The maximum Gasteiger partial charge on any atom is 0.271 e. The normalized spacial score (nSPS) is 23.5. The molecule has 0 unspecified atom stereocenters. The second kappa shape index (κ2) is 7.14. The van der Waals surface area contributed by atoms with Crippen molar-refractivity contribution in [2.75, 3.05) is 13.2 Å². The van der Waals surface area contributed by atoms with Crippen molar-refractivity contribution >= 4 is 22.8 Å². The van der Waals surface area contributed by atoms with Gasteiger partial charge in [0.15, 0.2) is 6.29 Å². The van der Waals surface area contributed by atoms with Crippen molar-refractivity contribution in [3.8, 4) is 0 Å². The van der Waals surface area contributed by atoms with E-state index in [0.717, 1.165) is 35.6 Å². The van der Waals surface area contributed by atoms with Gasteiger partial charge in [-0.2, -0.15) is 0 Å². The van der Waals surface area contributed by atoms with Crippen LogP contribution in [-0.2, 0) is 18.8 Å². The van der Waals surface area contributed by atoms with Crippen LogP contribution in [-0.4, -0.2) is 31.0 Å². The van der Waals surface area contributed by atoms with Crippen LogP contribution in [0.5, 0.6) is 0 Å². The van der Waals surface area contributed by atoms with Crippen LogP contribution in [0.1, 0.15) is 59.3 Å². The Labute approximate surface area is 168 Å². The molecular formula is C23H32BO4-. The summed E-state index contributed by atoms with van der Waals surface area (Å²) in [7, 11) is 0. The molecule has 0 atom stereocenters. The Balaban J connectivity index is 1.87. The molecule has 2 heterocycles. The van der Waals surface area contributed by atoms with Crippen molar-refractivity contribution < 1.29 is 18.8 Å². The molecule has 2 fully saturated rings. The molecule has 0 aromatic heterocycles. The molecule has 2 aromatic rings. The Morgan fingerprint density at radius 1 is 0.893 bits per heavy atom. The smallest absolute Gasteiger partial charge is 0.271 e. The van der Waals surface area contributed by atoms with Crippen LogP contribution in [0, 0.1) is 0 Å². The molecule has 0 saturated carbocycles. The molecule has 4 rings (SSSR count). The first kappa shape index (κ1) is 19.9. The molecule has 152 valence electrons. The topological polar surface area (TPSA) is 36.9 Å². The van der Waals surface area contributed by atoms with Crippen LogP contribution < -0.4 is 5.46 Å². The van der Waals surface area contributed by atoms with Crippen LogP contribution in [0.25, 0.3) is 10.8 Å². The number of ether oxygens (including phenoxy) is 2. The van der Waals surface area contributed by atoms with Gasteiger partial charge in [-0.3, -0.25) is 0 Å². The van der Waals surface area contributed by atoms with Crippen molar-refractivity contribution in [3.05, 3.63) is 42.0 Å². The Bertz CT molecular complexity index is 839. The molecular weight excluding hydrogens is 351 g/mol. The zero-order valence-electron chi connectivity index (χ0n) is 17.8. The molecule has 2 aliphatic heterocycles. The Morgan fingerprint density at radius 2 is 1.50 bits per heavy atom. The number of hydrogen-bond donors (Lipinski definition) is 0. The lowest BCUT2D eigenvalue weighted by atomic mass is 9.47. The van der Waals surface area contributed by atoms with Gasteiger partial charge >= 0.3 is 0 Å². The van der Waals surface area contributed by atoms with Gasteiger partial charge in [-0.15, -0.1) is 11.8 Å². The van der Waals surface area contributed by atoms with Crippen molar-refractivity contribution in [2.24, 2.45) is 0 Å². The van der Waals surface area contributed by atoms with E-state index in [4.69, 9.17) is 18.8 Å². The zero-order chi connectivity index (χ0) is 20.0. The average molecular weight is 383 g/mol. The molecule has 0 aliphatic carbocycles. The van der Waals surface area contributed by atoms with E-state index in [1.165, 1.54) is 5.39 Å². The molecule has 2 aliphatic rings. The summed E-state index contributed by atoms with van der Waals surface area (Å²) >= 11 is 0. The van der Waals surface area contributed by atoms with Crippen LogP contribution >= 0.6 is 0 Å². The highest BCUT2D eigenvalue weighted by Crippen LogP contribution is 2.44. The fraction of sp³-hybridized carbons (Fsp3) is 0.565. The van der Waals surface area contributed by atoms with E-state index in [-0.39, 0.29) is 17.5 Å². The predicted octanol–water partition coefficient (Wildman–Crippen LogP) is 4.94. The first-order valence-electron chi connectivity index (χ1n) is 10.6. The van der Waals surface area contributed by atoms with Gasteiger partial charge in [0.1, 0.15) is 0 Å². The van der Waals surface area contributed by atoms with Crippen LogP contribution in [0.3, 0.4) is 0 Å². The number of hydrogen-bond acceptors (Lipinski definition) is 4. The zero-order valence-corrected chi connectivity index (χ0v) is 17.8. The summed E-state index contributed by atoms with van der Waals surface area (Å²) in [6.45, 7) is 10.5. The third-order valence-electron chi connectivity index (χ3n) is 6.70. The lowest BCUT2D eigenvalue weighted by molar-refractivity contribution is -0.0429. The van der Waals surface area contributed by atoms with Gasteiger partial charge in [0.25, 0.3) is 6.55 Å². The molecule has 0 N–H and O–H groups in total. The second-order valence-corrected chi connectivity index (χ2v) is 9.13. The maximum atomic E-state index is 6.79. The van der Waals surface area contributed by atoms with E-state index >= 15 is 0 Å². The summed E-state index contributed by atoms with van der Waals surface area (Å²) in [5.41, 5.74) is 1.51. The van der Waals surface area contributed by atoms with Crippen LogP contribution in [0.15, 0.2) is 36.4 Å². The molecule has 0 bridgehead atoms. The van der Waals surface area contributed by atoms with Crippen LogP contribution in [0.4, 0.5) is 0 Å². The van der Waals surface area contributed by atoms with E-state index in [9.17, 15) is 0 Å².